The second kappa shape index (κ2) is 6.41. The lowest BCUT2D eigenvalue weighted by atomic mass is 10.1. The molecule has 1 aromatic heterocycles. The molecule has 0 saturated heterocycles. The molecule has 0 atom stereocenters. The molecule has 0 saturated carbocycles. The van der Waals surface area contributed by atoms with Gasteiger partial charge < -0.3 is 9.64 Å². The molecule has 3 aromatic rings. The van der Waals surface area contributed by atoms with Crippen LogP contribution in [0.25, 0.3) is 10.1 Å². The third-order valence-electron chi connectivity index (χ3n) is 4.50. The van der Waals surface area contributed by atoms with Gasteiger partial charge in [-0.05, 0) is 24.6 Å². The van der Waals surface area contributed by atoms with Crippen molar-refractivity contribution in [2.45, 2.75) is 13.0 Å². The zero-order valence-corrected chi connectivity index (χ0v) is 14.6. The highest BCUT2D eigenvalue weighted by Crippen LogP contribution is 2.38. The first-order chi connectivity index (χ1) is 12.5. The molecule has 0 unspecified atom stereocenters. The number of halogens is 3. The molecule has 1 aliphatic rings. The van der Waals surface area contributed by atoms with Crippen LogP contribution in [0.3, 0.4) is 0 Å². The highest BCUT2D eigenvalue weighted by Gasteiger charge is 2.31. The molecule has 0 N–H and O–H groups in total. The quantitative estimate of drug-likeness (QED) is 0.664. The molecule has 134 valence electrons. The number of carbonyl (C=O) groups is 1. The molecule has 4 rings (SSSR count). The van der Waals surface area contributed by atoms with Crippen LogP contribution < -0.4 is 4.90 Å². The Hall–Kier alpha value is -2.38. The Kier molecular flexibility index (Phi) is 4.20. The number of nitrogens with zero attached hydrogens (tertiary/aromatic N) is 1. The fourth-order valence-electron chi connectivity index (χ4n) is 3.38. The topological polar surface area (TPSA) is 29.5 Å². The van der Waals surface area contributed by atoms with Crippen molar-refractivity contribution in [1.29, 1.82) is 0 Å². The van der Waals surface area contributed by atoms with Crippen molar-refractivity contribution in [1.82, 2.24) is 0 Å². The van der Waals surface area contributed by atoms with Crippen molar-refractivity contribution in [3.8, 4) is 0 Å². The van der Waals surface area contributed by atoms with E-state index in [1.54, 1.807) is 12.1 Å². The van der Waals surface area contributed by atoms with E-state index < -0.39 is 23.4 Å². The predicted molar refractivity (Wildman–Crippen MR) is 94.2 cm³/mol. The zero-order valence-electron chi connectivity index (χ0n) is 13.8. The van der Waals surface area contributed by atoms with Crippen LogP contribution >= 0.6 is 11.3 Å². The lowest BCUT2D eigenvalue weighted by Gasteiger charge is -2.17. The summed E-state index contributed by atoms with van der Waals surface area (Å²) in [5.74, 6) is -2.22. The summed E-state index contributed by atoms with van der Waals surface area (Å²) >= 11 is 1.16. The SMILES string of the molecule is COCc1c(C(=O)N2CCc3c(F)cc(F)cc32)sc2cccc(F)c12. The van der Waals surface area contributed by atoms with Crippen LogP contribution in [0.15, 0.2) is 30.3 Å². The average molecular weight is 377 g/mol. The van der Waals surface area contributed by atoms with Crippen LogP contribution in [0.5, 0.6) is 0 Å². The maximum atomic E-state index is 14.3. The molecule has 2 heterocycles. The van der Waals surface area contributed by atoms with Crippen molar-refractivity contribution in [3.05, 3.63) is 63.8 Å². The van der Waals surface area contributed by atoms with Crippen molar-refractivity contribution < 1.29 is 22.7 Å². The number of rotatable bonds is 3. The lowest BCUT2D eigenvalue weighted by molar-refractivity contribution is 0.0989. The molecule has 0 bridgehead atoms. The minimum atomic E-state index is -0.736. The number of amides is 1. The number of carbonyl (C=O) groups excluding carboxylic acids is 1. The zero-order chi connectivity index (χ0) is 18.4. The van der Waals surface area contributed by atoms with E-state index in [9.17, 15) is 18.0 Å². The van der Waals surface area contributed by atoms with Crippen LogP contribution in [-0.2, 0) is 17.8 Å². The summed E-state index contributed by atoms with van der Waals surface area (Å²) in [5.41, 5.74) is 1.01. The summed E-state index contributed by atoms with van der Waals surface area (Å²) in [4.78, 5) is 14.8. The Bertz CT molecular complexity index is 1030. The minimum Gasteiger partial charge on any atom is -0.380 e. The normalized spacial score (nSPS) is 13.5. The molecular weight excluding hydrogens is 363 g/mol. The van der Waals surface area contributed by atoms with Gasteiger partial charge in [0.05, 0.1) is 17.2 Å². The van der Waals surface area contributed by atoms with Crippen LogP contribution in [0.1, 0.15) is 20.8 Å². The molecule has 0 spiro atoms. The van der Waals surface area contributed by atoms with Gasteiger partial charge in [-0.2, -0.15) is 0 Å². The minimum absolute atomic E-state index is 0.0697. The summed E-state index contributed by atoms with van der Waals surface area (Å²) in [6.45, 7) is 0.317. The third kappa shape index (κ3) is 2.59. The number of hydrogen-bond acceptors (Lipinski definition) is 3. The van der Waals surface area contributed by atoms with E-state index in [1.165, 1.54) is 18.1 Å². The van der Waals surface area contributed by atoms with Gasteiger partial charge in [-0.25, -0.2) is 13.2 Å². The maximum Gasteiger partial charge on any atom is 0.268 e. The van der Waals surface area contributed by atoms with Crippen LogP contribution in [0.2, 0.25) is 0 Å². The second-order valence-corrected chi connectivity index (χ2v) is 7.10. The molecule has 26 heavy (non-hydrogen) atoms. The van der Waals surface area contributed by atoms with Crippen LogP contribution in [-0.4, -0.2) is 19.6 Å². The van der Waals surface area contributed by atoms with E-state index in [-0.39, 0.29) is 18.8 Å². The fraction of sp³-hybridized carbons (Fsp3) is 0.211. The molecule has 1 aliphatic heterocycles. The number of fused-ring (bicyclic) bond motifs is 2. The largest absolute Gasteiger partial charge is 0.380 e. The second-order valence-electron chi connectivity index (χ2n) is 6.05. The van der Waals surface area contributed by atoms with E-state index >= 15 is 0 Å². The average Bonchev–Trinajstić information content (AvgIpc) is 3.17. The van der Waals surface area contributed by atoms with Gasteiger partial charge in [0, 0.05) is 40.9 Å². The number of hydrogen-bond donors (Lipinski definition) is 0. The molecule has 0 fully saturated rings. The molecule has 2 aromatic carbocycles. The van der Waals surface area contributed by atoms with Gasteiger partial charge in [0.1, 0.15) is 17.5 Å². The summed E-state index contributed by atoms with van der Waals surface area (Å²) in [5, 5.41) is 0.354. The summed E-state index contributed by atoms with van der Waals surface area (Å²) in [6, 6.07) is 6.62. The highest BCUT2D eigenvalue weighted by atomic mass is 32.1. The Morgan fingerprint density at radius 1 is 1.23 bits per heavy atom. The van der Waals surface area contributed by atoms with Gasteiger partial charge in [0.2, 0.25) is 0 Å². The molecule has 0 radical (unpaired) electrons. The summed E-state index contributed by atoms with van der Waals surface area (Å²) in [6.07, 6.45) is 0.312. The Balaban J connectivity index is 1.84. The Labute approximate surface area is 151 Å². The summed E-state index contributed by atoms with van der Waals surface area (Å²) in [7, 11) is 1.47. The first-order valence-corrected chi connectivity index (χ1v) is 8.81. The smallest absolute Gasteiger partial charge is 0.268 e. The van der Waals surface area contributed by atoms with E-state index in [0.29, 0.717) is 32.5 Å². The number of benzene rings is 2. The molecular formula is C19H14F3NO2S. The van der Waals surface area contributed by atoms with Gasteiger partial charge >= 0.3 is 0 Å². The van der Waals surface area contributed by atoms with Crippen molar-refractivity contribution in [2.75, 3.05) is 18.6 Å². The van der Waals surface area contributed by atoms with Crippen molar-refractivity contribution in [3.63, 3.8) is 0 Å². The standard InChI is InChI=1S/C19H14F3NO2S/c1-25-9-12-17-13(21)3-2-4-16(17)26-18(12)19(24)23-6-5-11-14(22)7-10(20)8-15(11)23/h2-4,7-8H,5-6,9H2,1H3. The Morgan fingerprint density at radius 3 is 2.81 bits per heavy atom. The van der Waals surface area contributed by atoms with Gasteiger partial charge in [0.15, 0.2) is 0 Å². The third-order valence-corrected chi connectivity index (χ3v) is 5.69. The maximum absolute atomic E-state index is 14.3. The summed E-state index contributed by atoms with van der Waals surface area (Å²) < 4.78 is 47.7. The molecule has 0 aliphatic carbocycles. The van der Waals surface area contributed by atoms with E-state index in [2.05, 4.69) is 0 Å². The number of anilines is 1. The number of methoxy groups -OCH3 is 1. The molecule has 1 amide bonds. The van der Waals surface area contributed by atoms with Gasteiger partial charge in [-0.1, -0.05) is 6.07 Å². The van der Waals surface area contributed by atoms with Crippen molar-refractivity contribution in [2.24, 2.45) is 0 Å². The molecule has 7 heteroatoms. The first kappa shape index (κ1) is 17.1. The van der Waals surface area contributed by atoms with Gasteiger partial charge in [0.25, 0.3) is 5.91 Å². The van der Waals surface area contributed by atoms with E-state index in [1.807, 2.05) is 0 Å². The van der Waals surface area contributed by atoms with Crippen LogP contribution in [0.4, 0.5) is 18.9 Å². The predicted octanol–water partition coefficient (Wildman–Crippen LogP) is 4.67. The Morgan fingerprint density at radius 2 is 2.04 bits per heavy atom. The lowest BCUT2D eigenvalue weighted by Crippen LogP contribution is -2.29. The fourth-order valence-corrected chi connectivity index (χ4v) is 4.55. The van der Waals surface area contributed by atoms with Crippen LogP contribution in [0, 0.1) is 17.5 Å². The van der Waals surface area contributed by atoms with Crippen molar-refractivity contribution >= 4 is 33.0 Å². The van der Waals surface area contributed by atoms with E-state index in [0.717, 1.165) is 23.5 Å². The molecule has 3 nitrogen and oxygen atoms in total. The van der Waals surface area contributed by atoms with Gasteiger partial charge in [-0.3, -0.25) is 4.79 Å². The monoisotopic (exact) mass is 377 g/mol. The number of ether oxygens (including phenoxy) is 1. The highest BCUT2D eigenvalue weighted by molar-refractivity contribution is 7.21. The first-order valence-electron chi connectivity index (χ1n) is 8.00. The number of thiophene rings is 1. The van der Waals surface area contributed by atoms with Gasteiger partial charge in [-0.15, -0.1) is 11.3 Å². The van der Waals surface area contributed by atoms with E-state index in [4.69, 9.17) is 4.74 Å².